The third-order valence-electron chi connectivity index (χ3n) is 3.03. The third-order valence-corrected chi connectivity index (χ3v) is 4.20. The molecule has 2 unspecified atom stereocenters. The van der Waals surface area contributed by atoms with E-state index in [-0.39, 0.29) is 0 Å². The second kappa shape index (κ2) is 4.43. The van der Waals surface area contributed by atoms with Gasteiger partial charge in [0.15, 0.2) is 0 Å². The highest BCUT2D eigenvalue weighted by atomic mass is 79.9. The average molecular weight is 254 g/mol. The highest BCUT2D eigenvalue weighted by Crippen LogP contribution is 2.39. The van der Waals surface area contributed by atoms with Crippen LogP contribution in [-0.2, 0) is 0 Å². The van der Waals surface area contributed by atoms with Gasteiger partial charge in [-0.2, -0.15) is 0 Å². The minimum absolute atomic E-state index is 0.596. The zero-order chi connectivity index (χ0) is 9.97. The lowest BCUT2D eigenvalue weighted by Gasteiger charge is -2.18. The lowest BCUT2D eigenvalue weighted by Crippen LogP contribution is -2.09. The van der Waals surface area contributed by atoms with Crippen molar-refractivity contribution in [1.82, 2.24) is 4.98 Å². The number of hydrogen-bond acceptors (Lipinski definition) is 1. The first-order valence-corrected chi connectivity index (χ1v) is 6.23. The summed E-state index contributed by atoms with van der Waals surface area (Å²) in [5.74, 6) is 1.59. The minimum Gasteiger partial charge on any atom is -0.265 e. The highest BCUT2D eigenvalue weighted by Gasteiger charge is 2.27. The molecule has 1 aliphatic carbocycles. The first-order chi connectivity index (χ1) is 6.77. The summed E-state index contributed by atoms with van der Waals surface area (Å²) in [4.78, 5) is 4.67. The van der Waals surface area contributed by atoms with Gasteiger partial charge in [-0.25, -0.2) is 0 Å². The van der Waals surface area contributed by atoms with Gasteiger partial charge in [0.25, 0.3) is 0 Å². The van der Waals surface area contributed by atoms with Gasteiger partial charge >= 0.3 is 0 Å². The van der Waals surface area contributed by atoms with Crippen LogP contribution in [0.1, 0.15) is 37.7 Å². The predicted molar refractivity (Wildman–Crippen MR) is 62.7 cm³/mol. The molecule has 1 fully saturated rings. The van der Waals surface area contributed by atoms with Gasteiger partial charge in [-0.1, -0.05) is 35.7 Å². The maximum atomic E-state index is 4.05. The maximum absolute atomic E-state index is 4.05. The molecule has 76 valence electrons. The monoisotopic (exact) mass is 253 g/mol. The number of alkyl halides is 1. The Morgan fingerprint density at radius 2 is 2.07 bits per heavy atom. The Labute approximate surface area is 94.1 Å². The molecule has 2 atom stereocenters. The van der Waals surface area contributed by atoms with Crippen molar-refractivity contribution in [3.63, 3.8) is 0 Å². The van der Waals surface area contributed by atoms with Gasteiger partial charge in [0.1, 0.15) is 0 Å². The summed E-state index contributed by atoms with van der Waals surface area (Å²) < 4.78 is 0. The standard InChI is InChI=1S/C12H16BrN/c1-9(11-4-6-14-7-5-11)12(13)8-10-2-3-10/h4-7,9-10,12H,2-3,8H2,1H3. The third kappa shape index (κ3) is 2.57. The Hall–Kier alpha value is -0.370. The Morgan fingerprint density at radius 1 is 1.43 bits per heavy atom. The molecule has 1 aromatic rings. The number of pyridine rings is 1. The summed E-state index contributed by atoms with van der Waals surface area (Å²) in [5, 5.41) is 0. The molecule has 0 N–H and O–H groups in total. The van der Waals surface area contributed by atoms with Crippen molar-refractivity contribution >= 4 is 15.9 Å². The second-order valence-corrected chi connectivity index (χ2v) is 5.44. The van der Waals surface area contributed by atoms with Crippen molar-refractivity contribution in [2.24, 2.45) is 5.92 Å². The summed E-state index contributed by atoms with van der Waals surface area (Å²) >= 11 is 3.80. The van der Waals surface area contributed by atoms with Crippen LogP contribution in [0, 0.1) is 5.92 Å². The molecule has 1 saturated carbocycles. The van der Waals surface area contributed by atoms with Crippen LogP contribution in [0.2, 0.25) is 0 Å². The van der Waals surface area contributed by atoms with Crippen LogP contribution in [0.25, 0.3) is 0 Å². The molecule has 0 spiro atoms. The summed E-state index contributed by atoms with van der Waals surface area (Å²) in [6.07, 6.45) is 7.95. The minimum atomic E-state index is 0.596. The van der Waals surface area contributed by atoms with Crippen LogP contribution >= 0.6 is 15.9 Å². The van der Waals surface area contributed by atoms with Crippen molar-refractivity contribution in [1.29, 1.82) is 0 Å². The maximum Gasteiger partial charge on any atom is 0.0270 e. The lowest BCUT2D eigenvalue weighted by atomic mass is 9.96. The number of rotatable bonds is 4. The van der Waals surface area contributed by atoms with Crippen LogP contribution in [0.5, 0.6) is 0 Å². The van der Waals surface area contributed by atoms with Crippen molar-refractivity contribution in [3.8, 4) is 0 Å². The molecule has 0 aliphatic heterocycles. The molecular weight excluding hydrogens is 238 g/mol. The van der Waals surface area contributed by atoms with E-state index in [9.17, 15) is 0 Å². The van der Waals surface area contributed by atoms with Crippen LogP contribution < -0.4 is 0 Å². The fourth-order valence-electron chi connectivity index (χ4n) is 1.75. The molecule has 2 heteroatoms. The van der Waals surface area contributed by atoms with Crippen molar-refractivity contribution in [3.05, 3.63) is 30.1 Å². The molecule has 0 radical (unpaired) electrons. The Morgan fingerprint density at radius 3 is 2.64 bits per heavy atom. The Balaban J connectivity index is 1.96. The molecule has 1 heterocycles. The van der Waals surface area contributed by atoms with Gasteiger partial charge in [-0.05, 0) is 36.0 Å². The molecule has 1 aliphatic rings. The van der Waals surface area contributed by atoms with Gasteiger partial charge in [0, 0.05) is 17.2 Å². The van der Waals surface area contributed by atoms with E-state index in [1.165, 1.54) is 24.8 Å². The molecule has 0 aromatic carbocycles. The number of aromatic nitrogens is 1. The molecule has 2 rings (SSSR count). The first-order valence-electron chi connectivity index (χ1n) is 5.31. The predicted octanol–water partition coefficient (Wildman–Crippen LogP) is 3.75. The summed E-state index contributed by atoms with van der Waals surface area (Å²) in [6, 6.07) is 4.23. The van der Waals surface area contributed by atoms with E-state index in [4.69, 9.17) is 0 Å². The molecule has 0 amide bonds. The Kier molecular flexibility index (Phi) is 3.22. The topological polar surface area (TPSA) is 12.9 Å². The van der Waals surface area contributed by atoms with E-state index in [2.05, 4.69) is 40.0 Å². The van der Waals surface area contributed by atoms with Gasteiger partial charge in [-0.3, -0.25) is 4.98 Å². The van der Waals surface area contributed by atoms with Gasteiger partial charge in [-0.15, -0.1) is 0 Å². The first kappa shape index (κ1) is 10.2. The van der Waals surface area contributed by atoms with Gasteiger partial charge < -0.3 is 0 Å². The largest absolute Gasteiger partial charge is 0.265 e. The molecule has 14 heavy (non-hydrogen) atoms. The molecular formula is C12H16BrN. The fraction of sp³-hybridized carbons (Fsp3) is 0.583. The van der Waals surface area contributed by atoms with Crippen molar-refractivity contribution in [2.75, 3.05) is 0 Å². The Bertz CT molecular complexity index is 282. The zero-order valence-corrected chi connectivity index (χ0v) is 10.1. The highest BCUT2D eigenvalue weighted by molar-refractivity contribution is 9.09. The van der Waals surface area contributed by atoms with Gasteiger partial charge in [0.05, 0.1) is 0 Å². The molecule has 1 aromatic heterocycles. The van der Waals surface area contributed by atoms with E-state index in [1.54, 1.807) is 0 Å². The number of hydrogen-bond donors (Lipinski definition) is 0. The van der Waals surface area contributed by atoms with Crippen molar-refractivity contribution in [2.45, 2.75) is 36.9 Å². The van der Waals surface area contributed by atoms with E-state index in [0.29, 0.717) is 10.7 Å². The quantitative estimate of drug-likeness (QED) is 0.746. The van der Waals surface area contributed by atoms with Crippen molar-refractivity contribution < 1.29 is 0 Å². The SMILES string of the molecule is CC(c1ccncc1)C(Br)CC1CC1. The van der Waals surface area contributed by atoms with Gasteiger partial charge in [0.2, 0.25) is 0 Å². The van der Waals surface area contributed by atoms with Crippen LogP contribution in [-0.4, -0.2) is 9.81 Å². The van der Waals surface area contributed by atoms with Crippen LogP contribution in [0.4, 0.5) is 0 Å². The van der Waals surface area contributed by atoms with E-state index < -0.39 is 0 Å². The summed E-state index contributed by atoms with van der Waals surface area (Å²) in [6.45, 7) is 2.29. The number of nitrogens with zero attached hydrogens (tertiary/aromatic N) is 1. The van der Waals surface area contributed by atoms with E-state index >= 15 is 0 Å². The van der Waals surface area contributed by atoms with Crippen LogP contribution in [0.3, 0.4) is 0 Å². The molecule has 1 nitrogen and oxygen atoms in total. The summed E-state index contributed by atoms with van der Waals surface area (Å²) in [5.41, 5.74) is 1.39. The van der Waals surface area contributed by atoms with E-state index in [1.807, 2.05) is 12.4 Å². The normalized spacial score (nSPS) is 20.4. The summed E-state index contributed by atoms with van der Waals surface area (Å²) in [7, 11) is 0. The second-order valence-electron chi connectivity index (χ2n) is 4.26. The fourth-order valence-corrected chi connectivity index (χ4v) is 2.59. The smallest absolute Gasteiger partial charge is 0.0270 e. The van der Waals surface area contributed by atoms with Crippen LogP contribution in [0.15, 0.2) is 24.5 Å². The zero-order valence-electron chi connectivity index (χ0n) is 8.49. The lowest BCUT2D eigenvalue weighted by molar-refractivity contribution is 0.617. The molecule has 0 bridgehead atoms. The molecule has 0 saturated heterocycles. The average Bonchev–Trinajstić information content (AvgIpc) is 3.02. The van der Waals surface area contributed by atoms with E-state index in [0.717, 1.165) is 5.92 Å². The number of halogens is 1.